The van der Waals surface area contributed by atoms with Gasteiger partial charge in [-0.1, -0.05) is 30.3 Å². The van der Waals surface area contributed by atoms with Gasteiger partial charge in [0.1, 0.15) is 0 Å². The van der Waals surface area contributed by atoms with Crippen molar-refractivity contribution in [1.82, 2.24) is 14.8 Å². The molecule has 3 N–H and O–H groups in total. The van der Waals surface area contributed by atoms with Crippen LogP contribution in [0.25, 0.3) is 11.0 Å². The second-order valence-electron chi connectivity index (χ2n) is 7.33. The molecule has 1 aliphatic rings. The molecule has 29 heavy (non-hydrogen) atoms. The van der Waals surface area contributed by atoms with Crippen LogP contribution in [0, 0.1) is 11.8 Å². The summed E-state index contributed by atoms with van der Waals surface area (Å²) in [7, 11) is 0. The zero-order valence-corrected chi connectivity index (χ0v) is 19.6. The van der Waals surface area contributed by atoms with Crippen LogP contribution in [-0.4, -0.2) is 27.2 Å². The lowest BCUT2D eigenvalue weighted by molar-refractivity contribution is -0.121. The van der Waals surface area contributed by atoms with E-state index in [1.54, 1.807) is 12.4 Å². The minimum atomic E-state index is 0. The predicted molar refractivity (Wildman–Crippen MR) is 127 cm³/mol. The Morgan fingerprint density at radius 2 is 1.83 bits per heavy atom. The number of hydrogen-bond donors (Lipinski definition) is 2. The minimum Gasteiger partial charge on any atom is -0.330 e. The van der Waals surface area contributed by atoms with Crippen molar-refractivity contribution >= 4 is 56.6 Å². The Bertz CT molecular complexity index is 923. The Hall–Kier alpha value is -1.77. The summed E-state index contributed by atoms with van der Waals surface area (Å²) in [4.78, 5) is 17.2. The molecule has 1 aliphatic carbocycles. The molecule has 8 heteroatoms. The van der Waals surface area contributed by atoms with Crippen LogP contribution in [0.2, 0.25) is 0 Å². The van der Waals surface area contributed by atoms with E-state index < -0.39 is 0 Å². The SMILES string of the molecule is Br.Br.NC[C@H]1CC[C@H](C(=O)Nc2ccnc3c2cnn3Cc2ccccc2)CC1. The quantitative estimate of drug-likeness (QED) is 0.519. The first-order valence-electron chi connectivity index (χ1n) is 9.60. The maximum Gasteiger partial charge on any atom is 0.227 e. The predicted octanol–water partition coefficient (Wildman–Crippen LogP) is 4.34. The van der Waals surface area contributed by atoms with Crippen LogP contribution in [0.15, 0.2) is 48.8 Å². The molecule has 0 saturated heterocycles. The Balaban J connectivity index is 0.00000150. The molecule has 2 aromatic heterocycles. The molecule has 2 heterocycles. The second kappa shape index (κ2) is 10.8. The normalized spacial score (nSPS) is 18.5. The summed E-state index contributed by atoms with van der Waals surface area (Å²) in [5.74, 6) is 0.724. The number of nitrogens with two attached hydrogens (primary N) is 1. The van der Waals surface area contributed by atoms with Gasteiger partial charge in [-0.05, 0) is 49.8 Å². The Labute approximate surface area is 191 Å². The molecule has 4 rings (SSSR count). The summed E-state index contributed by atoms with van der Waals surface area (Å²) >= 11 is 0. The number of nitrogens with zero attached hydrogens (tertiary/aromatic N) is 3. The monoisotopic (exact) mass is 523 g/mol. The average Bonchev–Trinajstić information content (AvgIpc) is 3.13. The fourth-order valence-electron chi connectivity index (χ4n) is 3.85. The molecule has 0 spiro atoms. The molecule has 6 nitrogen and oxygen atoms in total. The van der Waals surface area contributed by atoms with Gasteiger partial charge in [0.05, 0.1) is 23.8 Å². The Morgan fingerprint density at radius 1 is 1.10 bits per heavy atom. The number of fused-ring (bicyclic) bond motifs is 1. The zero-order valence-electron chi connectivity index (χ0n) is 16.2. The highest BCUT2D eigenvalue weighted by Gasteiger charge is 2.26. The largest absolute Gasteiger partial charge is 0.330 e. The number of carbonyl (C=O) groups excluding carboxylic acids is 1. The van der Waals surface area contributed by atoms with E-state index >= 15 is 0 Å². The number of amides is 1. The van der Waals surface area contributed by atoms with Crippen LogP contribution in [0.1, 0.15) is 31.2 Å². The van der Waals surface area contributed by atoms with Crippen LogP contribution < -0.4 is 11.1 Å². The summed E-state index contributed by atoms with van der Waals surface area (Å²) in [6, 6.07) is 12.0. The third-order valence-corrected chi connectivity index (χ3v) is 5.52. The van der Waals surface area contributed by atoms with E-state index in [4.69, 9.17) is 5.73 Å². The third-order valence-electron chi connectivity index (χ3n) is 5.52. The molecule has 0 bridgehead atoms. The molecule has 1 amide bonds. The van der Waals surface area contributed by atoms with Crippen LogP contribution >= 0.6 is 34.0 Å². The van der Waals surface area contributed by atoms with Crippen LogP contribution in [0.3, 0.4) is 0 Å². The van der Waals surface area contributed by atoms with Crippen molar-refractivity contribution in [3.8, 4) is 0 Å². The van der Waals surface area contributed by atoms with Gasteiger partial charge in [-0.3, -0.25) is 4.79 Å². The molecule has 0 unspecified atom stereocenters. The van der Waals surface area contributed by atoms with Crippen molar-refractivity contribution in [3.05, 3.63) is 54.4 Å². The van der Waals surface area contributed by atoms with E-state index in [0.29, 0.717) is 12.5 Å². The number of halogens is 2. The van der Waals surface area contributed by atoms with Gasteiger partial charge in [0, 0.05) is 12.1 Å². The zero-order chi connectivity index (χ0) is 18.6. The molecule has 0 aliphatic heterocycles. The van der Waals surface area contributed by atoms with Crippen molar-refractivity contribution in [2.45, 2.75) is 32.2 Å². The van der Waals surface area contributed by atoms with E-state index in [9.17, 15) is 4.79 Å². The third kappa shape index (κ3) is 5.43. The van der Waals surface area contributed by atoms with Gasteiger partial charge in [0.15, 0.2) is 5.65 Å². The van der Waals surface area contributed by atoms with Crippen molar-refractivity contribution in [2.24, 2.45) is 17.6 Å². The lowest BCUT2D eigenvalue weighted by Crippen LogP contribution is -2.29. The van der Waals surface area contributed by atoms with Crippen LogP contribution in [0.5, 0.6) is 0 Å². The first-order valence-corrected chi connectivity index (χ1v) is 9.60. The van der Waals surface area contributed by atoms with Crippen molar-refractivity contribution in [1.29, 1.82) is 0 Å². The molecular weight excluding hydrogens is 498 g/mol. The first kappa shape index (κ1) is 23.5. The number of hydrogen-bond acceptors (Lipinski definition) is 4. The van der Waals surface area contributed by atoms with E-state index in [1.807, 2.05) is 28.9 Å². The number of benzene rings is 1. The van der Waals surface area contributed by atoms with Crippen LogP contribution in [-0.2, 0) is 11.3 Å². The Morgan fingerprint density at radius 3 is 2.52 bits per heavy atom. The van der Waals surface area contributed by atoms with Crippen LogP contribution in [0.4, 0.5) is 5.69 Å². The fourth-order valence-corrected chi connectivity index (χ4v) is 3.85. The summed E-state index contributed by atoms with van der Waals surface area (Å²) in [5.41, 5.74) is 8.48. The van der Waals surface area contributed by atoms with E-state index in [1.165, 1.54) is 0 Å². The highest BCUT2D eigenvalue weighted by molar-refractivity contribution is 8.93. The molecule has 156 valence electrons. The van der Waals surface area contributed by atoms with Crippen molar-refractivity contribution in [2.75, 3.05) is 11.9 Å². The summed E-state index contributed by atoms with van der Waals surface area (Å²) < 4.78 is 1.87. The number of anilines is 1. The van der Waals surface area contributed by atoms with Gasteiger partial charge < -0.3 is 11.1 Å². The minimum absolute atomic E-state index is 0. The van der Waals surface area contributed by atoms with Gasteiger partial charge in [-0.25, -0.2) is 9.67 Å². The molecule has 3 aromatic rings. The fraction of sp³-hybridized carbons (Fsp3) is 0.381. The second-order valence-corrected chi connectivity index (χ2v) is 7.33. The highest BCUT2D eigenvalue weighted by Crippen LogP contribution is 2.30. The van der Waals surface area contributed by atoms with Gasteiger partial charge in [-0.15, -0.1) is 34.0 Å². The number of nitrogens with one attached hydrogen (secondary N) is 1. The maximum absolute atomic E-state index is 12.7. The lowest BCUT2D eigenvalue weighted by Gasteiger charge is -2.26. The average molecular weight is 525 g/mol. The van der Waals surface area contributed by atoms with Crippen molar-refractivity contribution in [3.63, 3.8) is 0 Å². The molecular formula is C21H27Br2N5O. The lowest BCUT2D eigenvalue weighted by atomic mass is 9.81. The molecule has 1 aromatic carbocycles. The number of pyridine rings is 1. The molecule has 1 fully saturated rings. The highest BCUT2D eigenvalue weighted by atomic mass is 79.9. The molecule has 0 radical (unpaired) electrons. The number of aromatic nitrogens is 3. The van der Waals surface area contributed by atoms with Gasteiger partial charge in [0.2, 0.25) is 5.91 Å². The van der Waals surface area contributed by atoms with E-state index in [0.717, 1.165) is 54.5 Å². The maximum atomic E-state index is 12.7. The number of carbonyl (C=O) groups is 1. The van der Waals surface area contributed by atoms with E-state index in [-0.39, 0.29) is 45.8 Å². The topological polar surface area (TPSA) is 85.8 Å². The number of rotatable bonds is 5. The van der Waals surface area contributed by atoms with Gasteiger partial charge in [0.25, 0.3) is 0 Å². The molecule has 1 saturated carbocycles. The van der Waals surface area contributed by atoms with E-state index in [2.05, 4.69) is 27.5 Å². The van der Waals surface area contributed by atoms with Crippen molar-refractivity contribution < 1.29 is 4.79 Å². The Kier molecular flexibility index (Phi) is 8.79. The summed E-state index contributed by atoms with van der Waals surface area (Å²) in [5, 5.41) is 8.45. The first-order chi connectivity index (χ1) is 13.2. The standard InChI is InChI=1S/C21H25N5O.2BrH/c22-12-15-6-8-17(9-7-15)21(27)25-19-10-11-23-20-18(19)13-24-26(20)14-16-4-2-1-3-5-16;;/h1-5,10-11,13,15,17H,6-9,12,14,22H2,(H,23,25,27);2*1H/t15-,17-;;. The van der Waals surface area contributed by atoms with Gasteiger partial charge in [-0.2, -0.15) is 5.10 Å². The summed E-state index contributed by atoms with van der Waals surface area (Å²) in [6.45, 7) is 1.37. The summed E-state index contributed by atoms with van der Waals surface area (Å²) in [6.07, 6.45) is 7.41. The molecule has 0 atom stereocenters. The smallest absolute Gasteiger partial charge is 0.227 e. The van der Waals surface area contributed by atoms with Gasteiger partial charge >= 0.3 is 0 Å².